The van der Waals surface area contributed by atoms with Gasteiger partial charge in [-0.15, -0.1) is 0 Å². The molecule has 3 rings (SSSR count). The molecule has 0 amide bonds. The van der Waals surface area contributed by atoms with Crippen LogP contribution in [0.4, 0.5) is 0 Å². The van der Waals surface area contributed by atoms with E-state index in [1.165, 1.54) is 29.5 Å². The Kier molecular flexibility index (Phi) is 2.68. The van der Waals surface area contributed by atoms with Crippen LogP contribution in [0.25, 0.3) is 17.0 Å². The second-order valence-electron chi connectivity index (χ2n) is 4.77. The first kappa shape index (κ1) is 10.5. The number of pyridine rings is 1. The molecule has 0 bridgehead atoms. The number of rotatable bonds is 3. The maximum absolute atomic E-state index is 4.77. The Morgan fingerprint density at radius 2 is 2.06 bits per heavy atom. The Labute approximate surface area is 102 Å². The van der Waals surface area contributed by atoms with Gasteiger partial charge in [-0.25, -0.2) is 0 Å². The summed E-state index contributed by atoms with van der Waals surface area (Å²) in [5, 5.41) is 1.24. The van der Waals surface area contributed by atoms with Gasteiger partial charge in [0.1, 0.15) is 0 Å². The van der Waals surface area contributed by atoms with Crippen LogP contribution >= 0.6 is 0 Å². The lowest BCUT2D eigenvalue weighted by atomic mass is 10.1. The van der Waals surface area contributed by atoms with Crippen molar-refractivity contribution in [3.8, 4) is 0 Å². The zero-order valence-electron chi connectivity index (χ0n) is 10.2. The molecule has 1 aliphatic carbocycles. The molecule has 1 aromatic carbocycles. The van der Waals surface area contributed by atoms with Gasteiger partial charge in [-0.2, -0.15) is 0 Å². The summed E-state index contributed by atoms with van der Waals surface area (Å²) in [4.78, 5) is 4.77. The van der Waals surface area contributed by atoms with Gasteiger partial charge in [0.2, 0.25) is 0 Å². The van der Waals surface area contributed by atoms with Crippen LogP contribution in [0.2, 0.25) is 0 Å². The highest BCUT2D eigenvalue weighted by Gasteiger charge is 2.24. The molecule has 0 atom stereocenters. The van der Waals surface area contributed by atoms with Crippen LogP contribution in [-0.4, -0.2) is 4.98 Å². The van der Waals surface area contributed by atoms with Gasteiger partial charge in [-0.1, -0.05) is 37.3 Å². The van der Waals surface area contributed by atoms with Crippen molar-refractivity contribution in [2.45, 2.75) is 32.1 Å². The molecule has 0 N–H and O–H groups in total. The van der Waals surface area contributed by atoms with E-state index in [0.29, 0.717) is 0 Å². The average molecular weight is 223 g/mol. The van der Waals surface area contributed by atoms with Crippen LogP contribution in [0, 0.1) is 0 Å². The maximum Gasteiger partial charge on any atom is 0.0711 e. The van der Waals surface area contributed by atoms with Gasteiger partial charge in [0.25, 0.3) is 0 Å². The zero-order chi connectivity index (χ0) is 11.7. The molecule has 1 aliphatic rings. The van der Waals surface area contributed by atoms with Gasteiger partial charge in [0, 0.05) is 17.0 Å². The van der Waals surface area contributed by atoms with E-state index in [2.05, 4.69) is 49.4 Å². The largest absolute Gasteiger partial charge is 0.253 e. The maximum atomic E-state index is 4.77. The fraction of sp³-hybridized carbons (Fsp3) is 0.312. The number of fused-ring (bicyclic) bond motifs is 1. The van der Waals surface area contributed by atoms with Gasteiger partial charge >= 0.3 is 0 Å². The summed E-state index contributed by atoms with van der Waals surface area (Å²) in [5.74, 6) is 0.731. The minimum absolute atomic E-state index is 0.731. The summed E-state index contributed by atoms with van der Waals surface area (Å²) in [6.07, 6.45) is 8.06. The third kappa shape index (κ3) is 2.23. The molecular formula is C16H17N. The third-order valence-corrected chi connectivity index (χ3v) is 3.28. The lowest BCUT2D eigenvalue weighted by Gasteiger charge is -2.02. The van der Waals surface area contributed by atoms with E-state index < -0.39 is 0 Å². The van der Waals surface area contributed by atoms with E-state index in [9.17, 15) is 0 Å². The van der Waals surface area contributed by atoms with Crippen molar-refractivity contribution in [2.75, 3.05) is 0 Å². The van der Waals surface area contributed by atoms with Crippen LogP contribution in [0.1, 0.15) is 43.4 Å². The van der Waals surface area contributed by atoms with Crippen molar-refractivity contribution in [3.05, 3.63) is 47.7 Å². The van der Waals surface area contributed by atoms with Gasteiger partial charge in [0.15, 0.2) is 0 Å². The Balaban J connectivity index is 2.03. The van der Waals surface area contributed by atoms with Crippen molar-refractivity contribution < 1.29 is 0 Å². The smallest absolute Gasteiger partial charge is 0.0711 e. The molecule has 0 spiro atoms. The number of aromatic nitrogens is 1. The molecule has 0 saturated heterocycles. The van der Waals surface area contributed by atoms with Crippen molar-refractivity contribution in [1.82, 2.24) is 4.98 Å². The molecular weight excluding hydrogens is 206 g/mol. The van der Waals surface area contributed by atoms with E-state index in [0.717, 1.165) is 17.9 Å². The molecule has 0 unspecified atom stereocenters. The van der Waals surface area contributed by atoms with E-state index in [4.69, 9.17) is 4.98 Å². The molecule has 1 heterocycles. The van der Waals surface area contributed by atoms with Gasteiger partial charge in [-0.3, -0.25) is 4.98 Å². The lowest BCUT2D eigenvalue weighted by molar-refractivity contribution is 1.04. The molecule has 0 aliphatic heterocycles. The monoisotopic (exact) mass is 223 g/mol. The summed E-state index contributed by atoms with van der Waals surface area (Å²) >= 11 is 0. The predicted octanol–water partition coefficient (Wildman–Crippen LogP) is 4.54. The van der Waals surface area contributed by atoms with Crippen LogP contribution in [0.15, 0.2) is 36.4 Å². The van der Waals surface area contributed by atoms with Crippen molar-refractivity contribution in [3.63, 3.8) is 0 Å². The standard InChI is InChI=1S/C16H17N/c1-2-3-4-12-5-6-14-9-10-15(13-7-8-13)17-16(14)11-12/h3-6,9-11,13H,2,7-8H2,1H3/b4-3+. The van der Waals surface area contributed by atoms with E-state index in [1.807, 2.05) is 0 Å². The molecule has 1 fully saturated rings. The second-order valence-corrected chi connectivity index (χ2v) is 4.77. The summed E-state index contributed by atoms with van der Waals surface area (Å²) in [7, 11) is 0. The van der Waals surface area contributed by atoms with E-state index >= 15 is 0 Å². The minimum atomic E-state index is 0.731. The molecule has 1 saturated carbocycles. The first-order valence-electron chi connectivity index (χ1n) is 6.44. The first-order chi connectivity index (χ1) is 8.36. The molecule has 1 nitrogen and oxygen atoms in total. The van der Waals surface area contributed by atoms with Gasteiger partial charge < -0.3 is 0 Å². The third-order valence-electron chi connectivity index (χ3n) is 3.28. The summed E-state index contributed by atoms with van der Waals surface area (Å²) < 4.78 is 0. The topological polar surface area (TPSA) is 12.9 Å². The van der Waals surface area contributed by atoms with E-state index in [1.54, 1.807) is 0 Å². The molecule has 1 aromatic heterocycles. The average Bonchev–Trinajstić information content (AvgIpc) is 3.19. The van der Waals surface area contributed by atoms with Crippen molar-refractivity contribution in [1.29, 1.82) is 0 Å². The highest BCUT2D eigenvalue weighted by atomic mass is 14.7. The van der Waals surface area contributed by atoms with Gasteiger partial charge in [-0.05, 0) is 37.0 Å². The number of nitrogens with zero attached hydrogens (tertiary/aromatic N) is 1. The Morgan fingerprint density at radius 3 is 2.82 bits per heavy atom. The summed E-state index contributed by atoms with van der Waals surface area (Å²) in [6.45, 7) is 2.15. The first-order valence-corrected chi connectivity index (χ1v) is 6.44. The molecule has 17 heavy (non-hydrogen) atoms. The lowest BCUT2D eigenvalue weighted by Crippen LogP contribution is -1.87. The normalized spacial score (nSPS) is 15.8. The van der Waals surface area contributed by atoms with Crippen LogP contribution in [0.5, 0.6) is 0 Å². The van der Waals surface area contributed by atoms with Crippen LogP contribution in [0.3, 0.4) is 0 Å². The zero-order valence-corrected chi connectivity index (χ0v) is 10.2. The molecule has 0 radical (unpaired) electrons. The Bertz CT molecular complexity index is 565. The number of hydrogen-bond donors (Lipinski definition) is 0. The highest BCUT2D eigenvalue weighted by Crippen LogP contribution is 2.39. The van der Waals surface area contributed by atoms with Gasteiger partial charge in [0.05, 0.1) is 5.52 Å². The quantitative estimate of drug-likeness (QED) is 0.744. The van der Waals surface area contributed by atoms with Crippen LogP contribution in [-0.2, 0) is 0 Å². The minimum Gasteiger partial charge on any atom is -0.253 e. The Hall–Kier alpha value is -1.63. The summed E-state index contributed by atoms with van der Waals surface area (Å²) in [6, 6.07) is 10.9. The molecule has 86 valence electrons. The second kappa shape index (κ2) is 4.33. The molecule has 1 heteroatoms. The Morgan fingerprint density at radius 1 is 1.24 bits per heavy atom. The summed E-state index contributed by atoms with van der Waals surface area (Å²) in [5.41, 5.74) is 3.65. The highest BCUT2D eigenvalue weighted by molar-refractivity contribution is 5.81. The fourth-order valence-corrected chi connectivity index (χ4v) is 2.11. The fourth-order valence-electron chi connectivity index (χ4n) is 2.11. The SMILES string of the molecule is CC/C=C/c1ccc2ccc(C3CC3)nc2c1. The molecule has 2 aromatic rings. The van der Waals surface area contributed by atoms with Crippen molar-refractivity contribution in [2.24, 2.45) is 0 Å². The van der Waals surface area contributed by atoms with Crippen molar-refractivity contribution >= 4 is 17.0 Å². The number of allylic oxidation sites excluding steroid dienone is 1. The number of hydrogen-bond acceptors (Lipinski definition) is 1. The van der Waals surface area contributed by atoms with Crippen LogP contribution < -0.4 is 0 Å². The van der Waals surface area contributed by atoms with E-state index in [-0.39, 0.29) is 0 Å². The number of benzene rings is 1. The predicted molar refractivity (Wildman–Crippen MR) is 73.0 cm³/mol.